The highest BCUT2D eigenvalue weighted by Gasteiger charge is 2.08. The van der Waals surface area contributed by atoms with Crippen molar-refractivity contribution in [2.24, 2.45) is 0 Å². The molecule has 0 radical (unpaired) electrons. The molecular formula is C31H64O3. The van der Waals surface area contributed by atoms with Crippen LogP contribution in [0.3, 0.4) is 0 Å². The number of ether oxygens (including phenoxy) is 2. The maximum Gasteiger partial charge on any atom is 0.159 e. The largest absolute Gasteiger partial charge is 0.396 e. The zero-order valence-corrected chi connectivity index (χ0v) is 23.6. The van der Waals surface area contributed by atoms with Gasteiger partial charge in [-0.3, -0.25) is 0 Å². The van der Waals surface area contributed by atoms with Crippen LogP contribution in [0.1, 0.15) is 174 Å². The molecule has 34 heavy (non-hydrogen) atoms. The molecule has 0 aromatic heterocycles. The Kier molecular flexibility index (Phi) is 30.8. The highest BCUT2D eigenvalue weighted by molar-refractivity contribution is 4.51. The molecule has 0 aliphatic carbocycles. The molecule has 0 fully saturated rings. The summed E-state index contributed by atoms with van der Waals surface area (Å²) >= 11 is 0. The minimum Gasteiger partial charge on any atom is -0.396 e. The number of unbranched alkanes of at least 4 members (excludes halogenated alkanes) is 22. The Balaban J connectivity index is 3.38. The van der Waals surface area contributed by atoms with Crippen LogP contribution < -0.4 is 0 Å². The average Bonchev–Trinajstić information content (AvgIpc) is 2.84. The van der Waals surface area contributed by atoms with E-state index in [0.29, 0.717) is 6.42 Å². The lowest BCUT2D eigenvalue weighted by atomic mass is 10.1. The Bertz CT molecular complexity index is 318. The summed E-state index contributed by atoms with van der Waals surface area (Å²) in [7, 11) is 0. The Morgan fingerprint density at radius 3 is 0.941 bits per heavy atom. The summed E-state index contributed by atoms with van der Waals surface area (Å²) < 4.78 is 11.8. The lowest BCUT2D eigenvalue weighted by molar-refractivity contribution is -0.151. The fraction of sp³-hybridized carbons (Fsp3) is 1.00. The molecule has 206 valence electrons. The minimum absolute atomic E-state index is 0.140. The van der Waals surface area contributed by atoms with Gasteiger partial charge in [-0.15, -0.1) is 0 Å². The summed E-state index contributed by atoms with van der Waals surface area (Å²) in [6, 6.07) is 0. The van der Waals surface area contributed by atoms with Gasteiger partial charge in [0.2, 0.25) is 0 Å². The first-order valence-corrected chi connectivity index (χ1v) is 15.7. The van der Waals surface area contributed by atoms with E-state index in [2.05, 4.69) is 13.8 Å². The van der Waals surface area contributed by atoms with E-state index in [1.807, 2.05) is 0 Å². The second-order valence-corrected chi connectivity index (χ2v) is 10.5. The van der Waals surface area contributed by atoms with Crippen molar-refractivity contribution < 1.29 is 14.6 Å². The van der Waals surface area contributed by atoms with Crippen molar-refractivity contribution in [1.29, 1.82) is 0 Å². The first-order valence-electron chi connectivity index (χ1n) is 15.7. The Morgan fingerprint density at radius 2 is 0.676 bits per heavy atom. The third-order valence-electron chi connectivity index (χ3n) is 6.97. The van der Waals surface area contributed by atoms with Crippen molar-refractivity contribution in [3.8, 4) is 0 Å². The molecule has 0 aromatic carbocycles. The summed E-state index contributed by atoms with van der Waals surface area (Å²) in [6.45, 7) is 6.24. The van der Waals surface area contributed by atoms with Crippen LogP contribution in [0.5, 0.6) is 0 Å². The van der Waals surface area contributed by atoms with Gasteiger partial charge in [-0.1, -0.05) is 155 Å². The molecule has 0 unspecified atom stereocenters. The molecule has 0 saturated heterocycles. The third kappa shape index (κ3) is 28.1. The van der Waals surface area contributed by atoms with Crippen LogP contribution in [0, 0.1) is 0 Å². The predicted octanol–water partition coefficient (Wildman–Crippen LogP) is 10.1. The van der Waals surface area contributed by atoms with Gasteiger partial charge in [-0.05, 0) is 12.8 Å². The van der Waals surface area contributed by atoms with E-state index in [-0.39, 0.29) is 12.9 Å². The number of rotatable bonds is 30. The number of aliphatic hydroxyl groups excluding tert-OH is 1. The molecule has 0 heterocycles. The lowest BCUT2D eigenvalue weighted by Crippen LogP contribution is -2.20. The second-order valence-electron chi connectivity index (χ2n) is 10.5. The molecule has 0 aliphatic rings. The van der Waals surface area contributed by atoms with Gasteiger partial charge < -0.3 is 14.6 Å². The van der Waals surface area contributed by atoms with Crippen molar-refractivity contribution >= 4 is 0 Å². The monoisotopic (exact) mass is 484 g/mol. The summed E-state index contributed by atoms with van der Waals surface area (Å²) in [5.41, 5.74) is 0. The number of aliphatic hydroxyl groups is 1. The van der Waals surface area contributed by atoms with Crippen molar-refractivity contribution in [1.82, 2.24) is 0 Å². The van der Waals surface area contributed by atoms with Crippen LogP contribution in [-0.2, 0) is 9.47 Å². The fourth-order valence-electron chi connectivity index (χ4n) is 4.64. The summed E-state index contributed by atoms with van der Waals surface area (Å²) in [4.78, 5) is 0. The molecule has 0 spiro atoms. The number of hydrogen-bond acceptors (Lipinski definition) is 3. The summed E-state index contributed by atoms with van der Waals surface area (Å²) in [5.74, 6) is 0. The van der Waals surface area contributed by atoms with Gasteiger partial charge in [0.15, 0.2) is 6.29 Å². The van der Waals surface area contributed by atoms with Crippen LogP contribution >= 0.6 is 0 Å². The van der Waals surface area contributed by atoms with Crippen LogP contribution in [0.2, 0.25) is 0 Å². The van der Waals surface area contributed by atoms with Gasteiger partial charge in [-0.25, -0.2) is 0 Å². The standard InChI is InChI=1S/C31H64O3/c1-3-5-7-9-11-13-15-17-19-21-23-25-29-33-31(27-28-32)34-30-26-24-22-20-18-16-14-12-10-8-6-4-2/h31-32H,3-30H2,1-2H3. The Morgan fingerprint density at radius 1 is 0.412 bits per heavy atom. The van der Waals surface area contributed by atoms with E-state index in [0.717, 1.165) is 26.1 Å². The fourth-order valence-corrected chi connectivity index (χ4v) is 4.64. The summed E-state index contributed by atoms with van der Waals surface area (Å²) in [6.07, 6.45) is 33.0. The minimum atomic E-state index is -0.217. The van der Waals surface area contributed by atoms with E-state index >= 15 is 0 Å². The van der Waals surface area contributed by atoms with E-state index in [1.54, 1.807) is 0 Å². The lowest BCUT2D eigenvalue weighted by Gasteiger charge is -2.17. The van der Waals surface area contributed by atoms with Crippen molar-refractivity contribution in [3.63, 3.8) is 0 Å². The highest BCUT2D eigenvalue weighted by atomic mass is 16.7. The topological polar surface area (TPSA) is 38.7 Å². The van der Waals surface area contributed by atoms with Gasteiger partial charge in [0.1, 0.15) is 0 Å². The van der Waals surface area contributed by atoms with Crippen LogP contribution in [-0.4, -0.2) is 31.2 Å². The summed E-state index contributed by atoms with van der Waals surface area (Å²) in [5, 5.41) is 9.28. The maximum absolute atomic E-state index is 9.28. The van der Waals surface area contributed by atoms with E-state index in [9.17, 15) is 5.11 Å². The Hall–Kier alpha value is -0.120. The van der Waals surface area contributed by atoms with Gasteiger partial charge in [0.05, 0.1) is 0 Å². The van der Waals surface area contributed by atoms with Gasteiger partial charge in [-0.2, -0.15) is 0 Å². The van der Waals surface area contributed by atoms with Crippen molar-refractivity contribution in [3.05, 3.63) is 0 Å². The predicted molar refractivity (Wildman–Crippen MR) is 150 cm³/mol. The molecule has 1 N–H and O–H groups in total. The normalized spacial score (nSPS) is 11.6. The van der Waals surface area contributed by atoms with Crippen LogP contribution in [0.25, 0.3) is 0 Å². The quantitative estimate of drug-likeness (QED) is 0.0814. The molecule has 3 heteroatoms. The zero-order chi connectivity index (χ0) is 24.8. The van der Waals surface area contributed by atoms with Gasteiger partial charge in [0.25, 0.3) is 0 Å². The molecule has 0 aromatic rings. The van der Waals surface area contributed by atoms with Gasteiger partial charge >= 0.3 is 0 Å². The molecule has 0 saturated carbocycles. The maximum atomic E-state index is 9.28. The molecular weight excluding hydrogens is 420 g/mol. The molecule has 3 nitrogen and oxygen atoms in total. The Labute approximate surface area is 215 Å². The van der Waals surface area contributed by atoms with E-state index < -0.39 is 0 Å². The zero-order valence-electron chi connectivity index (χ0n) is 23.6. The van der Waals surface area contributed by atoms with Crippen LogP contribution in [0.15, 0.2) is 0 Å². The van der Waals surface area contributed by atoms with E-state index in [1.165, 1.54) is 141 Å². The average molecular weight is 485 g/mol. The highest BCUT2D eigenvalue weighted by Crippen LogP contribution is 2.14. The molecule has 0 rings (SSSR count). The molecule has 0 bridgehead atoms. The van der Waals surface area contributed by atoms with E-state index in [4.69, 9.17) is 9.47 Å². The number of hydrogen-bond donors (Lipinski definition) is 1. The molecule has 0 amide bonds. The van der Waals surface area contributed by atoms with Gasteiger partial charge in [0, 0.05) is 26.2 Å². The smallest absolute Gasteiger partial charge is 0.159 e. The van der Waals surface area contributed by atoms with Crippen molar-refractivity contribution in [2.75, 3.05) is 19.8 Å². The first-order chi connectivity index (χ1) is 16.8. The first kappa shape index (κ1) is 33.9. The molecule has 0 atom stereocenters. The van der Waals surface area contributed by atoms with Crippen molar-refractivity contribution in [2.45, 2.75) is 181 Å². The molecule has 0 aliphatic heterocycles. The third-order valence-corrected chi connectivity index (χ3v) is 6.97. The SMILES string of the molecule is CCCCCCCCCCCCCCOC(CCO)OCCCCCCCCCCCCCC. The second kappa shape index (κ2) is 30.9. The van der Waals surface area contributed by atoms with Crippen LogP contribution in [0.4, 0.5) is 0 Å².